The molecular weight excluding hydrogens is 236 g/mol. The lowest BCUT2D eigenvalue weighted by atomic mass is 9.98. The van der Waals surface area contributed by atoms with Crippen molar-refractivity contribution in [2.45, 2.75) is 32.0 Å². The Morgan fingerprint density at radius 3 is 2.50 bits per heavy atom. The summed E-state index contributed by atoms with van der Waals surface area (Å²) in [6.07, 6.45) is -2.91. The van der Waals surface area contributed by atoms with Crippen molar-refractivity contribution >= 4 is 11.8 Å². The van der Waals surface area contributed by atoms with Gasteiger partial charge in [-0.15, -0.1) is 0 Å². The molecule has 0 amide bonds. The summed E-state index contributed by atoms with van der Waals surface area (Å²) in [6, 6.07) is 6.23. The number of ketones is 1. The van der Waals surface area contributed by atoms with Gasteiger partial charge in [-0.2, -0.15) is 0 Å². The van der Waals surface area contributed by atoms with E-state index < -0.39 is 24.6 Å². The Labute approximate surface area is 105 Å². The molecule has 0 spiro atoms. The van der Waals surface area contributed by atoms with Crippen LogP contribution in [0.2, 0.25) is 0 Å². The fraction of sp³-hybridized carbons (Fsp3) is 0.385. The second-order valence-electron chi connectivity index (χ2n) is 4.01. The Morgan fingerprint density at radius 1 is 1.28 bits per heavy atom. The largest absolute Gasteiger partial charge is 0.481 e. The molecule has 3 N–H and O–H groups in total. The maximum Gasteiger partial charge on any atom is 0.306 e. The van der Waals surface area contributed by atoms with Crippen LogP contribution in [0.15, 0.2) is 24.3 Å². The van der Waals surface area contributed by atoms with E-state index in [0.717, 1.165) is 0 Å². The van der Waals surface area contributed by atoms with Crippen LogP contribution in [-0.2, 0) is 4.79 Å². The Kier molecular flexibility index (Phi) is 5.00. The van der Waals surface area contributed by atoms with Crippen LogP contribution in [0.3, 0.4) is 0 Å². The quantitative estimate of drug-likeness (QED) is 0.660. The van der Waals surface area contributed by atoms with E-state index in [2.05, 4.69) is 0 Å². The number of carboxylic acids is 1. The van der Waals surface area contributed by atoms with Gasteiger partial charge in [0.05, 0.1) is 12.5 Å². The van der Waals surface area contributed by atoms with Crippen LogP contribution >= 0.6 is 0 Å². The molecule has 1 rings (SSSR count). The van der Waals surface area contributed by atoms with Crippen LogP contribution in [0.25, 0.3) is 0 Å². The number of aliphatic carboxylic acids is 1. The molecule has 0 saturated carbocycles. The highest BCUT2D eigenvalue weighted by Crippen LogP contribution is 2.20. The molecule has 1 aromatic rings. The maximum absolute atomic E-state index is 11.5. The fourth-order valence-corrected chi connectivity index (χ4v) is 1.61. The third-order valence-electron chi connectivity index (χ3n) is 2.62. The summed E-state index contributed by atoms with van der Waals surface area (Å²) in [5.41, 5.74) is 0.777. The summed E-state index contributed by atoms with van der Waals surface area (Å²) in [7, 11) is 0. The van der Waals surface area contributed by atoms with Crippen molar-refractivity contribution in [2.24, 2.45) is 0 Å². The Balaban J connectivity index is 2.89. The Hall–Kier alpha value is -1.72. The van der Waals surface area contributed by atoms with E-state index in [9.17, 15) is 19.8 Å². The molecule has 0 radical (unpaired) electrons. The van der Waals surface area contributed by atoms with E-state index in [1.165, 1.54) is 6.07 Å². The van der Waals surface area contributed by atoms with Crippen LogP contribution in [0.5, 0.6) is 0 Å². The second kappa shape index (κ2) is 6.28. The van der Waals surface area contributed by atoms with Gasteiger partial charge in [0, 0.05) is 12.0 Å². The monoisotopic (exact) mass is 252 g/mol. The van der Waals surface area contributed by atoms with E-state index in [1.54, 1.807) is 25.1 Å². The first-order valence-corrected chi connectivity index (χ1v) is 5.66. The number of carboxylic acid groups (broad SMARTS) is 1. The van der Waals surface area contributed by atoms with Gasteiger partial charge >= 0.3 is 5.97 Å². The van der Waals surface area contributed by atoms with Crippen LogP contribution in [0, 0.1) is 0 Å². The van der Waals surface area contributed by atoms with E-state index in [4.69, 9.17) is 5.11 Å². The molecule has 0 aliphatic heterocycles. The standard InChI is InChI=1S/C13H16O5/c1-2-10(14)8-4-3-5-9(6-8)13(18)11(15)7-12(16)17/h3-6,11,13,15,18H,2,7H2,1H3,(H,16,17). The predicted octanol–water partition coefficient (Wildman–Crippen LogP) is 1.15. The number of aliphatic hydroxyl groups is 2. The Bertz CT molecular complexity index is 441. The highest BCUT2D eigenvalue weighted by atomic mass is 16.4. The number of benzene rings is 1. The minimum atomic E-state index is -1.39. The zero-order chi connectivity index (χ0) is 13.7. The van der Waals surface area contributed by atoms with Gasteiger partial charge in [0.2, 0.25) is 0 Å². The molecule has 5 nitrogen and oxygen atoms in total. The van der Waals surface area contributed by atoms with Gasteiger partial charge in [0.1, 0.15) is 6.10 Å². The molecule has 0 heterocycles. The van der Waals surface area contributed by atoms with Gasteiger partial charge in [0.25, 0.3) is 0 Å². The number of hydrogen-bond donors (Lipinski definition) is 3. The minimum Gasteiger partial charge on any atom is -0.481 e. The van der Waals surface area contributed by atoms with Crippen molar-refractivity contribution in [1.82, 2.24) is 0 Å². The first-order chi connectivity index (χ1) is 8.45. The SMILES string of the molecule is CCC(=O)c1cccc(C(O)C(O)CC(=O)O)c1. The average Bonchev–Trinajstić information content (AvgIpc) is 2.36. The van der Waals surface area contributed by atoms with Crippen molar-refractivity contribution in [1.29, 1.82) is 0 Å². The van der Waals surface area contributed by atoms with Crippen LogP contribution in [0.1, 0.15) is 41.8 Å². The van der Waals surface area contributed by atoms with Crippen LogP contribution in [-0.4, -0.2) is 33.2 Å². The predicted molar refractivity (Wildman–Crippen MR) is 64.3 cm³/mol. The maximum atomic E-state index is 11.5. The summed E-state index contributed by atoms with van der Waals surface area (Å²) in [5, 5.41) is 27.8. The van der Waals surface area contributed by atoms with Crippen molar-refractivity contribution in [3.05, 3.63) is 35.4 Å². The molecule has 0 aromatic heterocycles. The lowest BCUT2D eigenvalue weighted by molar-refractivity contribution is -0.141. The molecule has 2 unspecified atom stereocenters. The number of carbonyl (C=O) groups is 2. The van der Waals surface area contributed by atoms with Crippen LogP contribution in [0.4, 0.5) is 0 Å². The first kappa shape index (κ1) is 14.3. The molecule has 5 heteroatoms. The summed E-state index contributed by atoms with van der Waals surface area (Å²) >= 11 is 0. The molecular formula is C13H16O5. The van der Waals surface area contributed by atoms with Crippen molar-refractivity contribution in [3.63, 3.8) is 0 Å². The molecule has 0 aliphatic carbocycles. The Morgan fingerprint density at radius 2 is 1.94 bits per heavy atom. The summed E-state index contributed by atoms with van der Waals surface area (Å²) in [6.45, 7) is 1.73. The number of hydrogen-bond acceptors (Lipinski definition) is 4. The molecule has 0 bridgehead atoms. The topological polar surface area (TPSA) is 94.8 Å². The lowest BCUT2D eigenvalue weighted by Gasteiger charge is -2.17. The normalized spacial score (nSPS) is 13.9. The summed E-state index contributed by atoms with van der Waals surface area (Å²) in [5.74, 6) is -1.26. The van der Waals surface area contributed by atoms with Gasteiger partial charge in [-0.3, -0.25) is 9.59 Å². The zero-order valence-electron chi connectivity index (χ0n) is 10.0. The van der Waals surface area contributed by atoms with Crippen molar-refractivity contribution in [2.75, 3.05) is 0 Å². The molecule has 18 heavy (non-hydrogen) atoms. The van der Waals surface area contributed by atoms with Gasteiger partial charge in [-0.05, 0) is 11.6 Å². The minimum absolute atomic E-state index is 0.0724. The molecule has 2 atom stereocenters. The fourth-order valence-electron chi connectivity index (χ4n) is 1.61. The number of carbonyl (C=O) groups excluding carboxylic acids is 1. The highest BCUT2D eigenvalue weighted by Gasteiger charge is 2.21. The highest BCUT2D eigenvalue weighted by molar-refractivity contribution is 5.95. The van der Waals surface area contributed by atoms with E-state index >= 15 is 0 Å². The zero-order valence-corrected chi connectivity index (χ0v) is 10.0. The van der Waals surface area contributed by atoms with Gasteiger partial charge in [-0.1, -0.05) is 25.1 Å². The third-order valence-corrected chi connectivity index (χ3v) is 2.62. The van der Waals surface area contributed by atoms with E-state index in [-0.39, 0.29) is 5.78 Å². The van der Waals surface area contributed by atoms with E-state index in [0.29, 0.717) is 17.5 Å². The molecule has 98 valence electrons. The van der Waals surface area contributed by atoms with Crippen molar-refractivity contribution in [3.8, 4) is 0 Å². The smallest absolute Gasteiger partial charge is 0.306 e. The van der Waals surface area contributed by atoms with Gasteiger partial charge in [-0.25, -0.2) is 0 Å². The number of rotatable bonds is 6. The number of Topliss-reactive ketones (excluding diaryl/α,β-unsaturated/α-hetero) is 1. The van der Waals surface area contributed by atoms with Crippen molar-refractivity contribution < 1.29 is 24.9 Å². The molecule has 1 aromatic carbocycles. The first-order valence-electron chi connectivity index (χ1n) is 5.66. The third kappa shape index (κ3) is 3.65. The molecule has 0 fully saturated rings. The molecule has 0 aliphatic rings. The number of aliphatic hydroxyl groups excluding tert-OH is 2. The van der Waals surface area contributed by atoms with Gasteiger partial charge < -0.3 is 15.3 Å². The summed E-state index contributed by atoms with van der Waals surface area (Å²) < 4.78 is 0. The van der Waals surface area contributed by atoms with E-state index in [1.807, 2.05) is 0 Å². The van der Waals surface area contributed by atoms with Gasteiger partial charge in [0.15, 0.2) is 5.78 Å². The average molecular weight is 252 g/mol. The lowest BCUT2D eigenvalue weighted by Crippen LogP contribution is -2.22. The van der Waals surface area contributed by atoms with Crippen LogP contribution < -0.4 is 0 Å². The second-order valence-corrected chi connectivity index (χ2v) is 4.01. The molecule has 0 saturated heterocycles. The summed E-state index contributed by atoms with van der Waals surface area (Å²) in [4.78, 5) is 21.9.